The number of hydrogen-bond donors (Lipinski definition) is 1. The van der Waals surface area contributed by atoms with Crippen LogP contribution in [0.1, 0.15) is 12.5 Å². The summed E-state index contributed by atoms with van der Waals surface area (Å²) in [5.74, 6) is 0.0306. The lowest BCUT2D eigenvalue weighted by molar-refractivity contribution is -0.116. The number of benzene rings is 2. The van der Waals surface area contributed by atoms with Crippen LogP contribution in [0.4, 0.5) is 5.69 Å². The summed E-state index contributed by atoms with van der Waals surface area (Å²) in [5.41, 5.74) is 1.33. The van der Waals surface area contributed by atoms with Crippen LogP contribution in [0.15, 0.2) is 47.4 Å². The summed E-state index contributed by atoms with van der Waals surface area (Å²) in [4.78, 5) is 13.4. The fourth-order valence-electron chi connectivity index (χ4n) is 2.48. The van der Waals surface area contributed by atoms with Gasteiger partial charge in [-0.1, -0.05) is 29.8 Å². The number of carbonyl (C=O) groups excluding carboxylic acids is 1. The fraction of sp³-hybridized carbons (Fsp3) is 0.278. The number of amides is 1. The fourth-order valence-corrected chi connectivity index (χ4v) is 3.99. The number of methoxy groups -OCH3 is 1. The molecule has 2 rings (SSSR count). The first-order valence-corrected chi connectivity index (χ1v) is 9.79. The minimum absolute atomic E-state index is 0.0320. The molecule has 0 aliphatic carbocycles. The van der Waals surface area contributed by atoms with Crippen LogP contribution >= 0.6 is 11.6 Å². The molecule has 0 aliphatic rings. The average Bonchev–Trinajstić information content (AvgIpc) is 2.59. The number of nitrogens with zero attached hydrogens (tertiary/aromatic N) is 1. The Morgan fingerprint density at radius 3 is 2.54 bits per heavy atom. The quantitative estimate of drug-likeness (QED) is 0.780. The van der Waals surface area contributed by atoms with Crippen molar-refractivity contribution in [3.63, 3.8) is 0 Å². The van der Waals surface area contributed by atoms with Gasteiger partial charge in [-0.15, -0.1) is 0 Å². The highest BCUT2D eigenvalue weighted by Crippen LogP contribution is 2.26. The third-order valence-corrected chi connectivity index (χ3v) is 5.56. The maximum absolute atomic E-state index is 12.6. The molecule has 2 aromatic rings. The van der Waals surface area contributed by atoms with E-state index in [0.29, 0.717) is 10.7 Å². The number of hydrogen-bond acceptors (Lipinski definition) is 4. The van der Waals surface area contributed by atoms with E-state index in [4.69, 9.17) is 16.3 Å². The van der Waals surface area contributed by atoms with Gasteiger partial charge < -0.3 is 9.64 Å². The monoisotopic (exact) mass is 396 g/mol. The van der Waals surface area contributed by atoms with Gasteiger partial charge in [0.2, 0.25) is 15.9 Å². The molecule has 0 aliphatic heterocycles. The number of halogens is 1. The molecule has 0 heterocycles. The Labute approximate surface area is 158 Å². The van der Waals surface area contributed by atoms with Crippen molar-refractivity contribution in [1.82, 2.24) is 4.72 Å². The Morgan fingerprint density at radius 1 is 1.23 bits per heavy atom. The third-order valence-electron chi connectivity index (χ3n) is 3.76. The summed E-state index contributed by atoms with van der Waals surface area (Å²) in [6.07, 6.45) is 0. The van der Waals surface area contributed by atoms with E-state index in [1.807, 2.05) is 0 Å². The van der Waals surface area contributed by atoms with Gasteiger partial charge in [0.1, 0.15) is 10.6 Å². The van der Waals surface area contributed by atoms with Crippen molar-refractivity contribution >= 4 is 33.2 Å². The second-order valence-corrected chi connectivity index (χ2v) is 7.82. The highest BCUT2D eigenvalue weighted by atomic mass is 35.5. The SMILES string of the molecule is COc1ccc(C)cc1S(=O)(=O)NCCN(C(C)=O)c1ccccc1Cl. The van der Waals surface area contributed by atoms with Crippen molar-refractivity contribution in [3.05, 3.63) is 53.1 Å². The molecular weight excluding hydrogens is 376 g/mol. The molecule has 0 fully saturated rings. The van der Waals surface area contributed by atoms with Crippen LogP contribution < -0.4 is 14.4 Å². The van der Waals surface area contributed by atoms with Crippen LogP contribution in [0.2, 0.25) is 5.02 Å². The molecule has 0 radical (unpaired) electrons. The first-order valence-electron chi connectivity index (χ1n) is 7.93. The lowest BCUT2D eigenvalue weighted by Gasteiger charge is -2.22. The molecule has 1 N–H and O–H groups in total. The van der Waals surface area contributed by atoms with Crippen molar-refractivity contribution in [1.29, 1.82) is 0 Å². The molecule has 1 amide bonds. The second-order valence-electron chi connectivity index (χ2n) is 5.67. The molecular formula is C18H21ClN2O4S. The molecule has 140 valence electrons. The Balaban J connectivity index is 2.16. The van der Waals surface area contributed by atoms with Crippen LogP contribution in [0.3, 0.4) is 0 Å². The van der Waals surface area contributed by atoms with Crippen molar-refractivity contribution in [3.8, 4) is 5.75 Å². The van der Waals surface area contributed by atoms with E-state index in [-0.39, 0.29) is 29.6 Å². The van der Waals surface area contributed by atoms with E-state index in [9.17, 15) is 13.2 Å². The third kappa shape index (κ3) is 4.75. The van der Waals surface area contributed by atoms with Gasteiger partial charge in [-0.25, -0.2) is 13.1 Å². The molecule has 0 spiro atoms. The second kappa shape index (κ2) is 8.53. The van der Waals surface area contributed by atoms with E-state index in [1.54, 1.807) is 43.3 Å². The molecule has 0 saturated carbocycles. The molecule has 2 aromatic carbocycles. The van der Waals surface area contributed by atoms with E-state index < -0.39 is 10.0 Å². The lowest BCUT2D eigenvalue weighted by atomic mass is 10.2. The van der Waals surface area contributed by atoms with Crippen molar-refractivity contribution in [2.24, 2.45) is 0 Å². The molecule has 0 bridgehead atoms. The van der Waals surface area contributed by atoms with Crippen LogP contribution in [0, 0.1) is 6.92 Å². The van der Waals surface area contributed by atoms with Gasteiger partial charge in [-0.05, 0) is 36.8 Å². The summed E-state index contributed by atoms with van der Waals surface area (Å²) in [5, 5.41) is 0.422. The predicted octanol–water partition coefficient (Wildman–Crippen LogP) is 2.99. The number of anilines is 1. The van der Waals surface area contributed by atoms with Gasteiger partial charge in [-0.2, -0.15) is 0 Å². The van der Waals surface area contributed by atoms with Crippen molar-refractivity contribution in [2.75, 3.05) is 25.1 Å². The van der Waals surface area contributed by atoms with Gasteiger partial charge in [0.25, 0.3) is 0 Å². The van der Waals surface area contributed by atoms with Gasteiger partial charge in [0.05, 0.1) is 17.8 Å². The van der Waals surface area contributed by atoms with Crippen molar-refractivity contribution in [2.45, 2.75) is 18.7 Å². The van der Waals surface area contributed by atoms with Gasteiger partial charge in [0.15, 0.2) is 0 Å². The Kier molecular flexibility index (Phi) is 6.63. The smallest absolute Gasteiger partial charge is 0.244 e. The number of nitrogens with one attached hydrogen (secondary N) is 1. The number of aryl methyl sites for hydroxylation is 1. The van der Waals surface area contributed by atoms with E-state index in [1.165, 1.54) is 25.0 Å². The highest BCUT2D eigenvalue weighted by molar-refractivity contribution is 7.89. The standard InChI is InChI=1S/C18H21ClN2O4S/c1-13-8-9-17(25-3)18(12-13)26(23,24)20-10-11-21(14(2)22)16-7-5-4-6-15(16)19/h4-9,12,20H,10-11H2,1-3H3. The zero-order valence-corrected chi connectivity index (χ0v) is 16.4. The summed E-state index contributed by atoms with van der Waals surface area (Å²) in [7, 11) is -2.37. The largest absolute Gasteiger partial charge is 0.495 e. The minimum Gasteiger partial charge on any atom is -0.495 e. The summed E-state index contributed by atoms with van der Waals surface area (Å²) in [6.45, 7) is 3.38. The number of carbonyl (C=O) groups is 1. The first kappa shape index (κ1) is 20.2. The van der Waals surface area contributed by atoms with Crippen LogP contribution in [-0.4, -0.2) is 34.5 Å². The molecule has 26 heavy (non-hydrogen) atoms. The Bertz CT molecular complexity index is 900. The summed E-state index contributed by atoms with van der Waals surface area (Å²) >= 11 is 6.14. The van der Waals surface area contributed by atoms with Gasteiger partial charge in [-0.3, -0.25) is 4.79 Å². The van der Waals surface area contributed by atoms with E-state index in [0.717, 1.165) is 5.56 Å². The molecule has 8 heteroatoms. The zero-order valence-electron chi connectivity index (χ0n) is 14.8. The lowest BCUT2D eigenvalue weighted by Crippen LogP contribution is -2.37. The molecule has 0 atom stereocenters. The van der Waals surface area contributed by atoms with Crippen LogP contribution in [0.25, 0.3) is 0 Å². The maximum atomic E-state index is 12.6. The number of sulfonamides is 1. The van der Waals surface area contributed by atoms with Crippen LogP contribution in [0.5, 0.6) is 5.75 Å². The molecule has 0 saturated heterocycles. The van der Waals surface area contributed by atoms with E-state index in [2.05, 4.69) is 4.72 Å². The number of rotatable bonds is 7. The van der Waals surface area contributed by atoms with Gasteiger partial charge >= 0.3 is 0 Å². The molecule has 0 unspecified atom stereocenters. The topological polar surface area (TPSA) is 75.7 Å². The highest BCUT2D eigenvalue weighted by Gasteiger charge is 2.21. The van der Waals surface area contributed by atoms with Crippen molar-refractivity contribution < 1.29 is 17.9 Å². The first-order chi connectivity index (χ1) is 12.3. The Hall–Kier alpha value is -2.09. The van der Waals surface area contributed by atoms with Crippen LogP contribution in [-0.2, 0) is 14.8 Å². The number of ether oxygens (including phenoxy) is 1. The molecule has 0 aromatic heterocycles. The maximum Gasteiger partial charge on any atom is 0.244 e. The summed E-state index contributed by atoms with van der Waals surface area (Å²) < 4.78 is 32.8. The summed E-state index contributed by atoms with van der Waals surface area (Å²) in [6, 6.07) is 11.8. The Morgan fingerprint density at radius 2 is 1.92 bits per heavy atom. The average molecular weight is 397 g/mol. The van der Waals surface area contributed by atoms with E-state index >= 15 is 0 Å². The normalized spacial score (nSPS) is 11.2. The zero-order chi connectivity index (χ0) is 19.3. The molecule has 6 nitrogen and oxygen atoms in total. The predicted molar refractivity (Wildman–Crippen MR) is 102 cm³/mol. The number of para-hydroxylation sites is 1. The van der Waals surface area contributed by atoms with Gasteiger partial charge in [0, 0.05) is 20.0 Å². The minimum atomic E-state index is -3.79.